The Morgan fingerprint density at radius 3 is 1.00 bits per heavy atom. The van der Waals surface area contributed by atoms with E-state index in [1.165, 1.54) is 6.07 Å². The molecule has 0 aliphatic heterocycles. The van der Waals surface area contributed by atoms with Crippen LogP contribution in [0.15, 0.2) is 32.9 Å². The second-order valence-electron chi connectivity index (χ2n) is 11.9. The van der Waals surface area contributed by atoms with Gasteiger partial charge in [-0.15, -0.1) is 0 Å². The molecule has 0 atom stereocenters. The van der Waals surface area contributed by atoms with Crippen molar-refractivity contribution in [2.24, 2.45) is 0 Å². The quantitative estimate of drug-likeness (QED) is 0.0760. The average molecular weight is 727 g/mol. The summed E-state index contributed by atoms with van der Waals surface area (Å²) in [5, 5.41) is 25.9. The highest BCUT2D eigenvalue weighted by Crippen LogP contribution is 2.29. The maximum atomic E-state index is 13.7. The SMILES string of the molecule is N#CCCCCCCCCNS(=O)(=O)c1cccc(S(=O)(=O)NCCCCCCCCC#N)c1S(=O)(=O)NCCCCCCCCC#N. The van der Waals surface area contributed by atoms with Gasteiger partial charge in [-0.3, -0.25) is 0 Å². The highest BCUT2D eigenvalue weighted by molar-refractivity contribution is 7.94. The summed E-state index contributed by atoms with van der Waals surface area (Å²) in [4.78, 5) is -2.04. The van der Waals surface area contributed by atoms with Crippen LogP contribution in [0.3, 0.4) is 0 Å². The standard InChI is InChI=1S/C33H54N6O6S3/c34-25-16-10-4-1-7-13-19-28-37-46(40,41)31-23-22-24-32(47(42,43)38-29-20-14-8-2-5-11-17-26-35)33(31)48(44,45)39-30-21-15-9-3-6-12-18-27-36/h22-24,37-39H,1-21,28-30H2. The molecule has 0 spiro atoms. The summed E-state index contributed by atoms with van der Waals surface area (Å²) in [5.74, 6) is 0. The molecule has 0 aromatic heterocycles. The van der Waals surface area contributed by atoms with Gasteiger partial charge in [-0.1, -0.05) is 83.1 Å². The molecular formula is C33H54N6O6S3. The smallest absolute Gasteiger partial charge is 0.211 e. The van der Waals surface area contributed by atoms with Crippen molar-refractivity contribution in [2.75, 3.05) is 19.6 Å². The van der Waals surface area contributed by atoms with Crippen molar-refractivity contribution in [2.45, 2.75) is 150 Å². The Bertz CT molecular complexity index is 1430. The number of nitrogens with zero attached hydrogens (tertiary/aromatic N) is 3. The molecule has 0 saturated heterocycles. The molecule has 48 heavy (non-hydrogen) atoms. The van der Waals surface area contributed by atoms with Gasteiger partial charge in [0.1, 0.15) is 14.7 Å². The third-order valence-electron chi connectivity index (χ3n) is 7.81. The molecule has 12 nitrogen and oxygen atoms in total. The van der Waals surface area contributed by atoms with Gasteiger partial charge in [-0.25, -0.2) is 39.4 Å². The number of rotatable bonds is 30. The number of nitrogens with one attached hydrogen (secondary N) is 3. The fourth-order valence-corrected chi connectivity index (χ4v) is 10.1. The lowest BCUT2D eigenvalue weighted by molar-refractivity contribution is 0.547. The van der Waals surface area contributed by atoms with E-state index >= 15 is 0 Å². The summed E-state index contributed by atoms with van der Waals surface area (Å²) in [6.07, 6.45) is 15.9. The fourth-order valence-electron chi connectivity index (χ4n) is 5.14. The van der Waals surface area contributed by atoms with Crippen molar-refractivity contribution < 1.29 is 25.3 Å². The molecule has 0 heterocycles. The van der Waals surface area contributed by atoms with Crippen molar-refractivity contribution in [3.63, 3.8) is 0 Å². The van der Waals surface area contributed by atoms with Crippen LogP contribution in [-0.2, 0) is 30.1 Å². The van der Waals surface area contributed by atoms with Crippen molar-refractivity contribution in [1.29, 1.82) is 15.8 Å². The number of benzene rings is 1. The van der Waals surface area contributed by atoms with Crippen LogP contribution in [0.4, 0.5) is 0 Å². The largest absolute Gasteiger partial charge is 0.243 e. The van der Waals surface area contributed by atoms with E-state index in [1.54, 1.807) is 0 Å². The topological polar surface area (TPSA) is 210 Å². The Labute approximate surface area is 289 Å². The first kappa shape index (κ1) is 43.4. The Kier molecular flexibility index (Phi) is 23.0. The van der Waals surface area contributed by atoms with Gasteiger partial charge < -0.3 is 0 Å². The molecule has 0 unspecified atom stereocenters. The minimum Gasteiger partial charge on any atom is -0.211 e. The van der Waals surface area contributed by atoms with Gasteiger partial charge >= 0.3 is 0 Å². The number of sulfonamides is 3. The number of hydrogen-bond donors (Lipinski definition) is 3. The molecule has 15 heteroatoms. The molecule has 0 amide bonds. The first-order valence-electron chi connectivity index (χ1n) is 17.3. The summed E-state index contributed by atoms with van der Waals surface area (Å²) >= 11 is 0. The Balaban J connectivity index is 3.03. The molecule has 0 aliphatic rings. The van der Waals surface area contributed by atoms with E-state index in [0.717, 1.165) is 108 Å². The summed E-state index contributed by atoms with van der Waals surface area (Å²) < 4.78 is 88.4. The van der Waals surface area contributed by atoms with Crippen LogP contribution < -0.4 is 14.2 Å². The van der Waals surface area contributed by atoms with E-state index in [0.29, 0.717) is 38.5 Å². The Morgan fingerprint density at radius 1 is 0.417 bits per heavy atom. The minimum absolute atomic E-state index is 0.0119. The van der Waals surface area contributed by atoms with Crippen LogP contribution in [0.5, 0.6) is 0 Å². The lowest BCUT2D eigenvalue weighted by atomic mass is 10.1. The molecule has 1 aromatic carbocycles. The number of hydrogen-bond acceptors (Lipinski definition) is 9. The van der Waals surface area contributed by atoms with Crippen LogP contribution in [0.1, 0.15) is 135 Å². The first-order chi connectivity index (χ1) is 23.0. The molecule has 0 radical (unpaired) electrons. The molecule has 1 aromatic rings. The van der Waals surface area contributed by atoms with Crippen LogP contribution in [0.2, 0.25) is 0 Å². The fraction of sp³-hybridized carbons (Fsp3) is 0.727. The number of unbranched alkanes of at least 4 members (excludes halogenated alkanes) is 18. The monoisotopic (exact) mass is 726 g/mol. The normalized spacial score (nSPS) is 11.9. The van der Waals surface area contributed by atoms with E-state index in [-0.39, 0.29) is 19.6 Å². The van der Waals surface area contributed by atoms with E-state index < -0.39 is 44.8 Å². The van der Waals surface area contributed by atoms with Gasteiger partial charge in [0.15, 0.2) is 0 Å². The van der Waals surface area contributed by atoms with E-state index in [9.17, 15) is 25.3 Å². The van der Waals surface area contributed by atoms with Crippen LogP contribution in [-0.4, -0.2) is 44.9 Å². The van der Waals surface area contributed by atoms with Crippen LogP contribution in [0.25, 0.3) is 0 Å². The van der Waals surface area contributed by atoms with E-state index in [4.69, 9.17) is 15.8 Å². The molecule has 0 aliphatic carbocycles. The minimum atomic E-state index is -4.56. The van der Waals surface area contributed by atoms with Crippen LogP contribution in [0, 0.1) is 34.0 Å². The average Bonchev–Trinajstić information content (AvgIpc) is 3.05. The Morgan fingerprint density at radius 2 is 0.688 bits per heavy atom. The van der Waals surface area contributed by atoms with Crippen molar-refractivity contribution >= 4 is 30.1 Å². The second kappa shape index (κ2) is 25.4. The summed E-state index contributed by atoms with van der Waals surface area (Å²) in [7, 11) is -13.4. The molecule has 3 N–H and O–H groups in total. The van der Waals surface area contributed by atoms with Gasteiger partial charge in [0.2, 0.25) is 30.1 Å². The van der Waals surface area contributed by atoms with Gasteiger partial charge in [0.05, 0.1) is 18.2 Å². The summed E-state index contributed by atoms with van der Waals surface area (Å²) in [6, 6.07) is 9.78. The van der Waals surface area contributed by atoms with Crippen molar-refractivity contribution in [3.05, 3.63) is 18.2 Å². The maximum Gasteiger partial charge on any atom is 0.243 e. The van der Waals surface area contributed by atoms with Crippen LogP contribution >= 0.6 is 0 Å². The molecular weight excluding hydrogens is 673 g/mol. The zero-order valence-electron chi connectivity index (χ0n) is 28.2. The predicted octanol–water partition coefficient (Wildman–Crippen LogP) is 6.28. The number of nitriles is 3. The third-order valence-corrected chi connectivity index (χ3v) is 12.6. The first-order valence-corrected chi connectivity index (χ1v) is 21.7. The molecule has 0 saturated carbocycles. The lowest BCUT2D eigenvalue weighted by Crippen LogP contribution is -2.33. The third kappa shape index (κ3) is 18.3. The molecule has 0 fully saturated rings. The van der Waals surface area contributed by atoms with Crippen molar-refractivity contribution in [3.8, 4) is 18.2 Å². The maximum absolute atomic E-state index is 13.7. The molecule has 270 valence electrons. The highest BCUT2D eigenvalue weighted by Gasteiger charge is 2.33. The van der Waals surface area contributed by atoms with Gasteiger partial charge in [-0.2, -0.15) is 15.8 Å². The Hall–Kier alpha value is -2.58. The highest BCUT2D eigenvalue weighted by atomic mass is 32.2. The van der Waals surface area contributed by atoms with E-state index in [1.807, 2.05) is 0 Å². The second-order valence-corrected chi connectivity index (χ2v) is 17.0. The van der Waals surface area contributed by atoms with Gasteiger partial charge in [-0.05, 0) is 50.7 Å². The van der Waals surface area contributed by atoms with Gasteiger partial charge in [0.25, 0.3) is 0 Å². The summed E-state index contributed by atoms with van der Waals surface area (Å²) in [5.41, 5.74) is 0. The van der Waals surface area contributed by atoms with E-state index in [2.05, 4.69) is 32.4 Å². The van der Waals surface area contributed by atoms with Crippen molar-refractivity contribution in [1.82, 2.24) is 14.2 Å². The summed E-state index contributed by atoms with van der Waals surface area (Å²) in [6.45, 7) is 0.138. The molecule has 0 bridgehead atoms. The van der Waals surface area contributed by atoms with Gasteiger partial charge in [0, 0.05) is 38.9 Å². The zero-order chi connectivity index (χ0) is 35.6. The lowest BCUT2D eigenvalue weighted by Gasteiger charge is -2.17. The zero-order valence-corrected chi connectivity index (χ0v) is 30.7. The molecule has 1 rings (SSSR count). The predicted molar refractivity (Wildman–Crippen MR) is 186 cm³/mol.